The van der Waals surface area contributed by atoms with Crippen molar-refractivity contribution in [3.05, 3.63) is 47.5 Å². The molecule has 35 heavy (non-hydrogen) atoms. The van der Waals surface area contributed by atoms with Crippen LogP contribution >= 0.6 is 0 Å². The van der Waals surface area contributed by atoms with Crippen molar-refractivity contribution in [3.63, 3.8) is 0 Å². The number of hydrogen-bond acceptors (Lipinski definition) is 10. The third-order valence-corrected chi connectivity index (χ3v) is 7.92. The maximum atomic E-state index is 12.3. The van der Waals surface area contributed by atoms with Crippen LogP contribution in [0.1, 0.15) is 18.1 Å². The number of nitrogens with zero attached hydrogens (tertiary/aromatic N) is 2. The van der Waals surface area contributed by atoms with E-state index in [2.05, 4.69) is 10.2 Å². The highest BCUT2D eigenvalue weighted by Crippen LogP contribution is 2.25. The highest BCUT2D eigenvalue weighted by molar-refractivity contribution is 7.86. The van der Waals surface area contributed by atoms with Crippen LogP contribution in [0.4, 0.5) is 0 Å². The van der Waals surface area contributed by atoms with E-state index in [1.165, 1.54) is 30.3 Å². The van der Waals surface area contributed by atoms with Crippen LogP contribution in [0.5, 0.6) is 11.5 Å². The second kappa shape index (κ2) is 11.6. The Labute approximate surface area is 205 Å². The summed E-state index contributed by atoms with van der Waals surface area (Å²) in [7, 11) is -8.30. The van der Waals surface area contributed by atoms with Crippen LogP contribution in [-0.2, 0) is 37.5 Å². The molecule has 0 atom stereocenters. The van der Waals surface area contributed by atoms with Gasteiger partial charge in [0.05, 0.1) is 16.4 Å². The largest absolute Gasteiger partial charge is 0.508 e. The summed E-state index contributed by atoms with van der Waals surface area (Å²) >= 11 is 0. The van der Waals surface area contributed by atoms with E-state index in [1.54, 1.807) is 6.92 Å². The standard InChI is InChI=1S/C22H31N3O8S2/c1-2-33-35(31,32)20-4-6-22(27)18(14-20)16-25-10-8-23-7-9-24(11-12-25)15-17-13-19(34(28,29)30)3-5-21(17)26/h3-6,13-14,23,26-27H,2,7-12,15-16H2,1H3,(H,28,29,30). The van der Waals surface area contributed by atoms with Crippen molar-refractivity contribution in [2.75, 3.05) is 45.9 Å². The Morgan fingerprint density at radius 1 is 0.829 bits per heavy atom. The summed E-state index contributed by atoms with van der Waals surface area (Å²) in [5.41, 5.74) is 0.826. The molecule has 1 aliphatic rings. The predicted octanol–water partition coefficient (Wildman–Crippen LogP) is 0.977. The van der Waals surface area contributed by atoms with Crippen LogP contribution < -0.4 is 5.32 Å². The number of rotatable bonds is 8. The van der Waals surface area contributed by atoms with Gasteiger partial charge in [0.1, 0.15) is 11.5 Å². The third-order valence-electron chi connectivity index (χ3n) is 5.69. The molecule has 0 radical (unpaired) electrons. The van der Waals surface area contributed by atoms with Crippen molar-refractivity contribution in [1.82, 2.24) is 15.1 Å². The summed E-state index contributed by atoms with van der Waals surface area (Å²) in [4.78, 5) is 3.78. The number of aromatic hydroxyl groups is 2. The van der Waals surface area contributed by atoms with Crippen molar-refractivity contribution < 1.29 is 35.8 Å². The molecule has 1 aliphatic heterocycles. The first-order valence-electron chi connectivity index (χ1n) is 11.2. The van der Waals surface area contributed by atoms with Gasteiger partial charge < -0.3 is 15.5 Å². The van der Waals surface area contributed by atoms with E-state index in [1.807, 2.05) is 4.90 Å². The Morgan fingerprint density at radius 2 is 1.31 bits per heavy atom. The maximum Gasteiger partial charge on any atom is 0.296 e. The Bertz CT molecular complexity index is 1240. The number of phenols is 2. The molecule has 3 rings (SSSR count). The maximum absolute atomic E-state index is 12.3. The number of nitrogens with one attached hydrogen (secondary N) is 1. The zero-order valence-electron chi connectivity index (χ0n) is 19.4. The summed E-state index contributed by atoms with van der Waals surface area (Å²) in [5.74, 6) is -0.0867. The number of hydrogen-bond donors (Lipinski definition) is 4. The lowest BCUT2D eigenvalue weighted by Gasteiger charge is -2.26. The summed E-state index contributed by atoms with van der Waals surface area (Å²) in [6, 6.07) is 7.70. The first kappa shape index (κ1) is 27.3. The minimum Gasteiger partial charge on any atom is -0.508 e. The van der Waals surface area contributed by atoms with Gasteiger partial charge in [0.2, 0.25) is 0 Å². The average Bonchev–Trinajstić information content (AvgIpc) is 2.88. The van der Waals surface area contributed by atoms with Gasteiger partial charge in [-0.3, -0.25) is 18.5 Å². The quantitative estimate of drug-likeness (QED) is 0.285. The van der Waals surface area contributed by atoms with Crippen LogP contribution in [0.3, 0.4) is 0 Å². The Morgan fingerprint density at radius 3 is 1.80 bits per heavy atom. The molecule has 0 bridgehead atoms. The van der Waals surface area contributed by atoms with E-state index in [0.717, 1.165) is 6.07 Å². The van der Waals surface area contributed by atoms with Gasteiger partial charge in [-0.25, -0.2) is 0 Å². The molecule has 1 heterocycles. The van der Waals surface area contributed by atoms with Gasteiger partial charge in [-0.05, 0) is 43.3 Å². The molecule has 2 aromatic carbocycles. The van der Waals surface area contributed by atoms with Crippen LogP contribution in [0.25, 0.3) is 0 Å². The second-order valence-corrected chi connectivity index (χ2v) is 11.3. The van der Waals surface area contributed by atoms with E-state index in [4.69, 9.17) is 4.18 Å². The van der Waals surface area contributed by atoms with E-state index in [-0.39, 0.29) is 34.4 Å². The lowest BCUT2D eigenvalue weighted by atomic mass is 10.1. The SMILES string of the molecule is CCOS(=O)(=O)c1ccc(O)c(CN2CCNCCN(Cc3cc(S(=O)(=O)O)ccc3O)CC2)c1. The molecule has 0 saturated carbocycles. The van der Waals surface area contributed by atoms with Crippen molar-refractivity contribution in [2.24, 2.45) is 0 Å². The zero-order valence-corrected chi connectivity index (χ0v) is 21.1. The molecule has 0 aliphatic carbocycles. The summed E-state index contributed by atoms with van der Waals surface area (Å²) < 4.78 is 61.6. The Kier molecular flexibility index (Phi) is 9.10. The summed E-state index contributed by atoms with van der Waals surface area (Å²) in [6.07, 6.45) is 0. The van der Waals surface area contributed by atoms with E-state index >= 15 is 0 Å². The monoisotopic (exact) mass is 529 g/mol. The summed E-state index contributed by atoms with van der Waals surface area (Å²) in [6.45, 7) is 5.93. The normalized spacial score (nSPS) is 17.0. The highest BCUT2D eigenvalue weighted by atomic mass is 32.2. The van der Waals surface area contributed by atoms with Gasteiger partial charge in [0.25, 0.3) is 20.2 Å². The third kappa shape index (κ3) is 7.61. The van der Waals surface area contributed by atoms with Gasteiger partial charge in [-0.1, -0.05) is 0 Å². The summed E-state index contributed by atoms with van der Waals surface area (Å²) in [5, 5.41) is 23.8. The van der Waals surface area contributed by atoms with Gasteiger partial charge in [0, 0.05) is 63.5 Å². The average molecular weight is 530 g/mol. The van der Waals surface area contributed by atoms with Crippen LogP contribution in [0, 0.1) is 0 Å². The van der Waals surface area contributed by atoms with Crippen molar-refractivity contribution in [3.8, 4) is 11.5 Å². The molecule has 0 aromatic heterocycles. The fourth-order valence-corrected chi connectivity index (χ4v) is 5.32. The fraction of sp³-hybridized carbons (Fsp3) is 0.455. The second-order valence-electron chi connectivity index (χ2n) is 8.22. The molecule has 11 nitrogen and oxygen atoms in total. The number of benzene rings is 2. The fourth-order valence-electron chi connectivity index (χ4n) is 3.82. The van der Waals surface area contributed by atoms with Crippen molar-refractivity contribution in [1.29, 1.82) is 0 Å². The van der Waals surface area contributed by atoms with Crippen LogP contribution in [-0.4, -0.2) is 87.3 Å². The molecule has 1 saturated heterocycles. The highest BCUT2D eigenvalue weighted by Gasteiger charge is 2.20. The minimum atomic E-state index is -4.39. The lowest BCUT2D eigenvalue weighted by Crippen LogP contribution is -2.35. The molecule has 4 N–H and O–H groups in total. The lowest BCUT2D eigenvalue weighted by molar-refractivity contribution is 0.206. The molecule has 13 heteroatoms. The van der Waals surface area contributed by atoms with Crippen LogP contribution in [0.2, 0.25) is 0 Å². The number of phenolic OH excluding ortho intramolecular Hbond substituents is 2. The molecule has 0 unspecified atom stereocenters. The molecule has 0 amide bonds. The van der Waals surface area contributed by atoms with Gasteiger partial charge in [-0.2, -0.15) is 16.8 Å². The van der Waals surface area contributed by atoms with E-state index in [0.29, 0.717) is 56.9 Å². The Hall–Kier alpha value is -2.26. The Balaban J connectivity index is 1.74. The molecule has 0 spiro atoms. The van der Waals surface area contributed by atoms with E-state index < -0.39 is 20.2 Å². The molecule has 194 valence electrons. The first-order valence-corrected chi connectivity index (χ1v) is 14.0. The zero-order chi connectivity index (χ0) is 25.6. The molecule has 1 fully saturated rings. The molecular formula is C22H31N3O8S2. The smallest absolute Gasteiger partial charge is 0.296 e. The predicted molar refractivity (Wildman–Crippen MR) is 128 cm³/mol. The molecule has 2 aromatic rings. The van der Waals surface area contributed by atoms with Gasteiger partial charge in [0.15, 0.2) is 0 Å². The molecular weight excluding hydrogens is 498 g/mol. The van der Waals surface area contributed by atoms with Crippen molar-refractivity contribution >= 4 is 20.2 Å². The van der Waals surface area contributed by atoms with Gasteiger partial charge in [-0.15, -0.1) is 0 Å². The van der Waals surface area contributed by atoms with Crippen molar-refractivity contribution in [2.45, 2.75) is 29.8 Å². The van der Waals surface area contributed by atoms with Crippen LogP contribution in [0.15, 0.2) is 46.2 Å². The topological polar surface area (TPSA) is 157 Å². The van der Waals surface area contributed by atoms with E-state index in [9.17, 15) is 31.6 Å². The first-order chi connectivity index (χ1) is 16.5. The minimum absolute atomic E-state index is 0.00880. The van der Waals surface area contributed by atoms with Gasteiger partial charge >= 0.3 is 0 Å².